The van der Waals surface area contributed by atoms with Gasteiger partial charge in [0.15, 0.2) is 0 Å². The zero-order valence-electron chi connectivity index (χ0n) is 4.83. The largest absolute Gasteiger partial charge is 0.150 e. The summed E-state index contributed by atoms with van der Waals surface area (Å²) in [6.07, 6.45) is 3.66. The normalized spacial score (nSPS) is 9.75. The smallest absolute Gasteiger partial charge is 0.0807 e. The lowest BCUT2D eigenvalue weighted by Gasteiger charge is -1.84. The van der Waals surface area contributed by atoms with Crippen molar-refractivity contribution in [1.29, 1.82) is 0 Å². The van der Waals surface area contributed by atoms with Gasteiger partial charge in [0.2, 0.25) is 0 Å². The number of aryl methyl sites for hydroxylation is 1. The van der Waals surface area contributed by atoms with Crippen molar-refractivity contribution in [3.8, 4) is 0 Å². The molecule has 0 amide bonds. The van der Waals surface area contributed by atoms with Crippen molar-refractivity contribution in [1.82, 2.24) is 14.4 Å². The maximum atomic E-state index is 4.00. The average molecular weight is 129 g/mol. The van der Waals surface area contributed by atoms with Gasteiger partial charge in [0.1, 0.15) is 0 Å². The second-order valence-corrected chi connectivity index (χ2v) is 2.11. The van der Waals surface area contributed by atoms with Crippen molar-refractivity contribution >= 4 is 11.9 Å². The van der Waals surface area contributed by atoms with E-state index < -0.39 is 0 Å². The zero-order valence-corrected chi connectivity index (χ0v) is 5.64. The highest BCUT2D eigenvalue weighted by Gasteiger charge is 1.88. The van der Waals surface area contributed by atoms with Crippen LogP contribution in [0.4, 0.5) is 0 Å². The van der Waals surface area contributed by atoms with Crippen molar-refractivity contribution in [2.24, 2.45) is 0 Å². The summed E-state index contributed by atoms with van der Waals surface area (Å²) in [6.45, 7) is 1.92. The molecule has 0 spiro atoms. The van der Waals surface area contributed by atoms with E-state index in [1.807, 2.05) is 13.2 Å². The molecule has 0 atom stereocenters. The van der Waals surface area contributed by atoms with Crippen LogP contribution < -0.4 is 0 Å². The summed E-state index contributed by atoms with van der Waals surface area (Å²) in [5.74, 6) is 0. The molecule has 0 unspecified atom stereocenters. The fraction of sp³-hybridized carbons (Fsp3) is 0.500. The highest BCUT2D eigenvalue weighted by Crippen LogP contribution is 1.94. The first-order valence-corrected chi connectivity index (χ1v) is 3.44. The molecule has 1 heterocycles. The average Bonchev–Trinajstić information content (AvgIpc) is 2.14. The van der Waals surface area contributed by atoms with Gasteiger partial charge in [-0.05, 0) is 18.9 Å². The fourth-order valence-corrected chi connectivity index (χ4v) is 0.759. The van der Waals surface area contributed by atoms with Crippen LogP contribution in [-0.4, -0.2) is 20.7 Å². The molecule has 1 aromatic heterocycles. The molecule has 0 aliphatic heterocycles. The molecule has 0 saturated carbocycles. The Morgan fingerprint density at radius 2 is 2.50 bits per heavy atom. The van der Waals surface area contributed by atoms with Crippen LogP contribution in [0.25, 0.3) is 0 Å². The number of nitrogens with zero attached hydrogens (tertiary/aromatic N) is 3. The van der Waals surface area contributed by atoms with Crippen LogP contribution in [-0.2, 0) is 0 Å². The predicted octanol–water partition coefficient (Wildman–Crippen LogP) is 0.713. The second kappa shape index (κ2) is 2.17. The lowest BCUT2D eigenvalue weighted by molar-refractivity contribution is 0.857. The van der Waals surface area contributed by atoms with Gasteiger partial charge in [-0.25, -0.2) is 0 Å². The van der Waals surface area contributed by atoms with Gasteiger partial charge in [-0.3, -0.25) is 0 Å². The van der Waals surface area contributed by atoms with Gasteiger partial charge in [-0.2, -0.15) is 5.10 Å². The Hall–Kier alpha value is -0.510. The molecule has 0 radical (unpaired) electrons. The molecule has 8 heavy (non-hydrogen) atoms. The predicted molar refractivity (Wildman–Crippen MR) is 33.7 cm³/mol. The van der Waals surface area contributed by atoms with Gasteiger partial charge in [0, 0.05) is 6.26 Å². The minimum atomic E-state index is 0.958. The Balaban J connectivity index is 2.84. The Labute approximate surface area is 52.2 Å². The summed E-state index contributed by atoms with van der Waals surface area (Å²) < 4.78 is 1.58. The van der Waals surface area contributed by atoms with Crippen molar-refractivity contribution in [2.45, 2.75) is 6.92 Å². The van der Waals surface area contributed by atoms with E-state index in [0.29, 0.717) is 0 Å². The van der Waals surface area contributed by atoms with Crippen molar-refractivity contribution in [3.05, 3.63) is 11.9 Å². The second-order valence-electron chi connectivity index (χ2n) is 1.42. The zero-order chi connectivity index (χ0) is 5.98. The summed E-state index contributed by atoms with van der Waals surface area (Å²) in [5.41, 5.74) is 0.958. The minimum absolute atomic E-state index is 0.958. The Kier molecular flexibility index (Phi) is 1.53. The van der Waals surface area contributed by atoms with E-state index in [2.05, 4.69) is 10.2 Å². The van der Waals surface area contributed by atoms with E-state index >= 15 is 0 Å². The third-order valence-electron chi connectivity index (χ3n) is 0.750. The van der Waals surface area contributed by atoms with Gasteiger partial charge >= 0.3 is 0 Å². The van der Waals surface area contributed by atoms with Crippen LogP contribution in [0.3, 0.4) is 0 Å². The Bertz CT molecular complexity index is 172. The Morgan fingerprint density at radius 1 is 1.75 bits per heavy atom. The van der Waals surface area contributed by atoms with Crippen molar-refractivity contribution < 1.29 is 0 Å². The number of hydrogen-bond donors (Lipinski definition) is 0. The van der Waals surface area contributed by atoms with E-state index in [1.54, 1.807) is 10.4 Å². The first kappa shape index (κ1) is 5.62. The van der Waals surface area contributed by atoms with Gasteiger partial charge in [-0.15, -0.1) is 9.30 Å². The molecule has 0 aromatic carbocycles. The van der Waals surface area contributed by atoms with Gasteiger partial charge in [0.05, 0.1) is 11.9 Å². The molecular formula is C4H7N3S. The first-order chi connectivity index (χ1) is 3.83. The molecule has 0 aliphatic carbocycles. The van der Waals surface area contributed by atoms with Crippen LogP contribution in [0.1, 0.15) is 5.69 Å². The molecule has 0 saturated heterocycles. The van der Waals surface area contributed by atoms with Crippen LogP contribution in [0.2, 0.25) is 0 Å². The molecule has 0 N–H and O–H groups in total. The molecule has 44 valence electrons. The van der Waals surface area contributed by atoms with Crippen LogP contribution in [0, 0.1) is 6.92 Å². The van der Waals surface area contributed by atoms with Crippen LogP contribution >= 0.6 is 11.9 Å². The van der Waals surface area contributed by atoms with E-state index in [9.17, 15) is 0 Å². The molecule has 0 fully saturated rings. The topological polar surface area (TPSA) is 30.7 Å². The maximum Gasteiger partial charge on any atom is 0.0807 e. The summed E-state index contributed by atoms with van der Waals surface area (Å²) in [4.78, 5) is 0. The number of aromatic nitrogens is 3. The lowest BCUT2D eigenvalue weighted by Crippen LogP contribution is -1.88. The standard InChI is InChI=1S/C4H7N3S/c1-4-3-5-7(6-4)8-2/h3H,1-2H3. The van der Waals surface area contributed by atoms with Crippen LogP contribution in [0.5, 0.6) is 0 Å². The molecule has 3 nitrogen and oxygen atoms in total. The summed E-state index contributed by atoms with van der Waals surface area (Å²) in [7, 11) is 0. The molecular weight excluding hydrogens is 122 g/mol. The molecule has 0 aliphatic rings. The molecule has 0 bridgehead atoms. The molecule has 4 heteroatoms. The quantitative estimate of drug-likeness (QED) is 0.559. The van der Waals surface area contributed by atoms with Gasteiger partial charge < -0.3 is 0 Å². The highest BCUT2D eigenvalue weighted by atomic mass is 32.2. The lowest BCUT2D eigenvalue weighted by atomic mass is 10.6. The first-order valence-electron chi connectivity index (χ1n) is 2.26. The Morgan fingerprint density at radius 3 is 2.75 bits per heavy atom. The van der Waals surface area contributed by atoms with E-state index in [-0.39, 0.29) is 0 Å². The van der Waals surface area contributed by atoms with Gasteiger partial charge in [0.25, 0.3) is 0 Å². The fourth-order valence-electron chi connectivity index (χ4n) is 0.407. The third kappa shape index (κ3) is 1.01. The third-order valence-corrected chi connectivity index (χ3v) is 1.25. The van der Waals surface area contributed by atoms with Crippen molar-refractivity contribution in [2.75, 3.05) is 6.26 Å². The number of hydrogen-bond acceptors (Lipinski definition) is 3. The maximum absolute atomic E-state index is 4.00. The molecule has 1 aromatic rings. The number of rotatable bonds is 1. The van der Waals surface area contributed by atoms with Gasteiger partial charge in [-0.1, -0.05) is 0 Å². The monoisotopic (exact) mass is 129 g/mol. The molecule has 1 rings (SSSR count). The van der Waals surface area contributed by atoms with E-state index in [1.165, 1.54) is 11.9 Å². The van der Waals surface area contributed by atoms with E-state index in [4.69, 9.17) is 0 Å². The van der Waals surface area contributed by atoms with E-state index in [0.717, 1.165) is 5.69 Å². The SMILES string of the molecule is CSn1ncc(C)n1. The summed E-state index contributed by atoms with van der Waals surface area (Å²) >= 11 is 1.48. The highest BCUT2D eigenvalue weighted by molar-refractivity contribution is 7.96. The summed E-state index contributed by atoms with van der Waals surface area (Å²) in [6, 6.07) is 0. The van der Waals surface area contributed by atoms with Crippen molar-refractivity contribution in [3.63, 3.8) is 0 Å². The summed E-state index contributed by atoms with van der Waals surface area (Å²) in [5, 5.41) is 7.90. The minimum Gasteiger partial charge on any atom is -0.150 e. The van der Waals surface area contributed by atoms with Crippen LogP contribution in [0.15, 0.2) is 6.20 Å².